The molecule has 0 saturated heterocycles. The van der Waals surface area contributed by atoms with Gasteiger partial charge in [0.05, 0.1) is 16.7 Å². The number of anilines is 3. The largest absolute Gasteiger partial charge is 0.310 e. The molecule has 0 fully saturated rings. The third-order valence-corrected chi connectivity index (χ3v) is 9.86. The van der Waals surface area contributed by atoms with Crippen LogP contribution in [0.25, 0.3) is 49.7 Å². The number of hydrogen-bond acceptors (Lipinski definition) is 1. The number of fused-ring (bicyclic) bond motifs is 3. The van der Waals surface area contributed by atoms with Gasteiger partial charge in [-0.1, -0.05) is 158 Å². The highest BCUT2D eigenvalue weighted by molar-refractivity contribution is 6.09. The van der Waals surface area contributed by atoms with Gasteiger partial charge in [0.2, 0.25) is 0 Å². The fourth-order valence-electron chi connectivity index (χ4n) is 7.44. The van der Waals surface area contributed by atoms with E-state index < -0.39 is 0 Å². The maximum absolute atomic E-state index is 2.41. The van der Waals surface area contributed by atoms with Crippen molar-refractivity contribution in [2.45, 2.75) is 6.42 Å². The van der Waals surface area contributed by atoms with Crippen molar-refractivity contribution < 1.29 is 0 Å². The van der Waals surface area contributed by atoms with Crippen molar-refractivity contribution in [3.05, 3.63) is 217 Å². The number of hydrogen-bond donors (Lipinski definition) is 0. The van der Waals surface area contributed by atoms with Crippen molar-refractivity contribution in [1.29, 1.82) is 0 Å². The van der Waals surface area contributed by atoms with Crippen LogP contribution in [0, 0.1) is 0 Å². The van der Waals surface area contributed by atoms with Crippen LogP contribution < -0.4 is 4.90 Å². The summed E-state index contributed by atoms with van der Waals surface area (Å²) in [6, 6.07) is 74.3. The molecule has 0 bridgehead atoms. The van der Waals surface area contributed by atoms with Crippen molar-refractivity contribution in [2.24, 2.45) is 0 Å². The van der Waals surface area contributed by atoms with Crippen LogP contribution in [-0.4, -0.2) is 4.57 Å². The molecule has 0 unspecified atom stereocenters. The minimum Gasteiger partial charge on any atom is -0.310 e. The maximum Gasteiger partial charge on any atom is 0.0541 e. The predicted molar refractivity (Wildman–Crippen MR) is 216 cm³/mol. The van der Waals surface area contributed by atoms with Crippen molar-refractivity contribution in [3.8, 4) is 27.9 Å². The third kappa shape index (κ3) is 5.77. The number of rotatable bonds is 8. The first kappa shape index (κ1) is 30.4. The summed E-state index contributed by atoms with van der Waals surface area (Å²) < 4.78 is 2.41. The van der Waals surface area contributed by atoms with Gasteiger partial charge in [0.25, 0.3) is 0 Å². The fourth-order valence-corrected chi connectivity index (χ4v) is 7.44. The van der Waals surface area contributed by atoms with E-state index in [9.17, 15) is 0 Å². The lowest BCUT2D eigenvalue weighted by Crippen LogP contribution is -2.12. The summed E-state index contributed by atoms with van der Waals surface area (Å²) in [5.41, 5.74) is 14.3. The van der Waals surface area contributed by atoms with E-state index in [2.05, 4.69) is 216 Å². The Kier molecular flexibility index (Phi) is 7.96. The zero-order valence-electron chi connectivity index (χ0n) is 28.2. The van der Waals surface area contributed by atoms with Crippen LogP contribution in [0.2, 0.25) is 0 Å². The second-order valence-corrected chi connectivity index (χ2v) is 13.0. The Morgan fingerprint density at radius 3 is 1.53 bits per heavy atom. The first-order valence-corrected chi connectivity index (χ1v) is 17.6. The molecule has 0 aliphatic rings. The molecule has 2 heteroatoms. The van der Waals surface area contributed by atoms with Crippen molar-refractivity contribution in [1.82, 2.24) is 4.57 Å². The second kappa shape index (κ2) is 13.3. The minimum atomic E-state index is 0.847. The number of benzene rings is 8. The Morgan fingerprint density at radius 1 is 0.373 bits per heavy atom. The molecule has 0 atom stereocenters. The first-order chi connectivity index (χ1) is 25.3. The monoisotopic (exact) mass is 652 g/mol. The van der Waals surface area contributed by atoms with Crippen molar-refractivity contribution in [2.75, 3.05) is 4.90 Å². The summed E-state index contributed by atoms with van der Waals surface area (Å²) in [4.78, 5) is 2.40. The van der Waals surface area contributed by atoms with Gasteiger partial charge in [-0.3, -0.25) is 0 Å². The van der Waals surface area contributed by atoms with Gasteiger partial charge in [-0.15, -0.1) is 0 Å². The molecule has 0 amide bonds. The molecular formula is C49H36N2. The highest BCUT2D eigenvalue weighted by Gasteiger charge is 2.18. The van der Waals surface area contributed by atoms with Gasteiger partial charge in [0.15, 0.2) is 0 Å². The molecular weight excluding hydrogens is 617 g/mol. The maximum atomic E-state index is 2.41. The van der Waals surface area contributed by atoms with Crippen LogP contribution in [0.15, 0.2) is 206 Å². The Bertz CT molecular complexity index is 2530. The summed E-state index contributed by atoms with van der Waals surface area (Å²) in [6.07, 6.45) is 0.847. The van der Waals surface area contributed by atoms with E-state index in [0.717, 1.165) is 17.8 Å². The quantitative estimate of drug-likeness (QED) is 0.159. The molecule has 0 aliphatic carbocycles. The van der Waals surface area contributed by atoms with Crippen LogP contribution in [-0.2, 0) is 6.42 Å². The molecule has 9 rings (SSSR count). The normalized spacial score (nSPS) is 11.2. The molecule has 0 N–H and O–H groups in total. The second-order valence-electron chi connectivity index (χ2n) is 13.0. The molecule has 242 valence electrons. The first-order valence-electron chi connectivity index (χ1n) is 17.6. The standard InChI is InChI=1S/C49H36N2/c1-3-15-36(16-4-1)35-40-19-7-11-23-46(40)50(41-31-27-38(28-32-41)37-17-5-2-6-18-37)42-33-29-39(30-34-42)43-20-8-12-24-47(43)51-48-25-13-9-21-44(48)45-22-10-14-26-49(45)51/h1-34H,35H2. The molecule has 0 saturated carbocycles. The Balaban J connectivity index is 1.15. The average Bonchev–Trinajstić information content (AvgIpc) is 3.54. The highest BCUT2D eigenvalue weighted by atomic mass is 15.1. The molecule has 1 aromatic heterocycles. The summed E-state index contributed by atoms with van der Waals surface area (Å²) >= 11 is 0. The Morgan fingerprint density at radius 2 is 0.863 bits per heavy atom. The number of nitrogens with zero attached hydrogens (tertiary/aromatic N) is 2. The van der Waals surface area contributed by atoms with Crippen LogP contribution in [0.4, 0.5) is 17.1 Å². The third-order valence-electron chi connectivity index (χ3n) is 9.86. The van der Waals surface area contributed by atoms with Crippen molar-refractivity contribution in [3.63, 3.8) is 0 Å². The van der Waals surface area contributed by atoms with Crippen LogP contribution in [0.1, 0.15) is 11.1 Å². The van der Waals surface area contributed by atoms with Gasteiger partial charge >= 0.3 is 0 Å². The lowest BCUT2D eigenvalue weighted by molar-refractivity contribution is 1.15. The summed E-state index contributed by atoms with van der Waals surface area (Å²) in [5, 5.41) is 2.53. The van der Waals surface area contributed by atoms with Crippen molar-refractivity contribution >= 4 is 38.9 Å². The van der Waals surface area contributed by atoms with Gasteiger partial charge in [-0.2, -0.15) is 0 Å². The summed E-state index contributed by atoms with van der Waals surface area (Å²) in [7, 11) is 0. The number of aromatic nitrogens is 1. The van der Waals surface area contributed by atoms with Gasteiger partial charge < -0.3 is 9.47 Å². The van der Waals surface area contributed by atoms with E-state index in [1.54, 1.807) is 0 Å². The van der Waals surface area contributed by atoms with Crippen LogP contribution >= 0.6 is 0 Å². The lowest BCUT2D eigenvalue weighted by Gasteiger charge is -2.28. The minimum absolute atomic E-state index is 0.847. The Hall–Kier alpha value is -6.64. The average molecular weight is 653 g/mol. The van der Waals surface area contributed by atoms with E-state index in [-0.39, 0.29) is 0 Å². The molecule has 0 aliphatic heterocycles. The van der Waals surface area contributed by atoms with E-state index in [1.807, 2.05) is 0 Å². The molecule has 0 radical (unpaired) electrons. The van der Waals surface area contributed by atoms with Crippen LogP contribution in [0.3, 0.4) is 0 Å². The summed E-state index contributed by atoms with van der Waals surface area (Å²) in [6.45, 7) is 0. The van der Waals surface area contributed by atoms with Crippen LogP contribution in [0.5, 0.6) is 0 Å². The molecule has 9 aromatic rings. The summed E-state index contributed by atoms with van der Waals surface area (Å²) in [5.74, 6) is 0. The smallest absolute Gasteiger partial charge is 0.0541 e. The topological polar surface area (TPSA) is 8.17 Å². The van der Waals surface area contributed by atoms with E-state index >= 15 is 0 Å². The van der Waals surface area contributed by atoms with E-state index in [4.69, 9.17) is 0 Å². The zero-order valence-corrected chi connectivity index (χ0v) is 28.2. The van der Waals surface area contributed by atoms with E-state index in [1.165, 1.54) is 66.6 Å². The van der Waals surface area contributed by atoms with Gasteiger partial charge in [-0.25, -0.2) is 0 Å². The van der Waals surface area contributed by atoms with Gasteiger partial charge in [-0.05, 0) is 82.8 Å². The van der Waals surface area contributed by atoms with Gasteiger partial charge in [0.1, 0.15) is 0 Å². The zero-order chi connectivity index (χ0) is 34.0. The highest BCUT2D eigenvalue weighted by Crippen LogP contribution is 2.41. The SMILES string of the molecule is c1ccc(Cc2ccccc2N(c2ccc(-c3ccccc3)cc2)c2ccc(-c3ccccc3-n3c4ccccc4c4ccccc43)cc2)cc1. The molecule has 8 aromatic carbocycles. The molecule has 51 heavy (non-hydrogen) atoms. The molecule has 1 heterocycles. The predicted octanol–water partition coefficient (Wildman–Crippen LogP) is 13.2. The fraction of sp³-hybridized carbons (Fsp3) is 0.0204. The Labute approximate surface area is 299 Å². The lowest BCUT2D eigenvalue weighted by atomic mass is 10.00. The number of para-hydroxylation sites is 4. The molecule has 2 nitrogen and oxygen atoms in total. The van der Waals surface area contributed by atoms with E-state index in [0.29, 0.717) is 0 Å². The molecule has 0 spiro atoms. The van der Waals surface area contributed by atoms with Gasteiger partial charge in [0, 0.05) is 33.4 Å².